The van der Waals surface area contributed by atoms with Crippen LogP contribution in [0.15, 0.2) is 0 Å². The second-order valence-corrected chi connectivity index (χ2v) is 5.25. The SMILES string of the molecule is CCC1CCC(N[C@H](C)C(=O)N(C)C)CC1. The predicted molar refractivity (Wildman–Crippen MR) is 67.3 cm³/mol. The third kappa shape index (κ3) is 3.78. The average molecular weight is 226 g/mol. The maximum Gasteiger partial charge on any atom is 0.238 e. The molecule has 1 rings (SSSR count). The fraction of sp³-hybridized carbons (Fsp3) is 0.923. The standard InChI is InChI=1S/C13H26N2O/c1-5-11-6-8-12(9-7-11)14-10(2)13(16)15(3)4/h10-12,14H,5-9H2,1-4H3/t10-,11?,12?/m1/s1. The number of hydrogen-bond acceptors (Lipinski definition) is 2. The van der Waals surface area contributed by atoms with E-state index in [0.717, 1.165) is 5.92 Å². The lowest BCUT2D eigenvalue weighted by atomic mass is 9.84. The van der Waals surface area contributed by atoms with Gasteiger partial charge in [-0.05, 0) is 38.5 Å². The van der Waals surface area contributed by atoms with E-state index >= 15 is 0 Å². The summed E-state index contributed by atoms with van der Waals surface area (Å²) in [7, 11) is 3.63. The summed E-state index contributed by atoms with van der Waals surface area (Å²) in [6, 6.07) is 0.500. The molecule has 0 unspecified atom stereocenters. The van der Waals surface area contributed by atoms with Gasteiger partial charge in [0.05, 0.1) is 6.04 Å². The van der Waals surface area contributed by atoms with E-state index in [2.05, 4.69) is 12.2 Å². The Kier molecular flexibility index (Phi) is 5.26. The van der Waals surface area contributed by atoms with Gasteiger partial charge in [0.25, 0.3) is 0 Å². The minimum atomic E-state index is -0.0434. The number of amides is 1. The lowest BCUT2D eigenvalue weighted by Gasteiger charge is -2.31. The van der Waals surface area contributed by atoms with E-state index in [-0.39, 0.29) is 11.9 Å². The molecule has 0 saturated heterocycles. The molecule has 0 bridgehead atoms. The highest BCUT2D eigenvalue weighted by Crippen LogP contribution is 2.26. The molecule has 0 aromatic heterocycles. The van der Waals surface area contributed by atoms with Crippen LogP contribution in [0.3, 0.4) is 0 Å². The van der Waals surface area contributed by atoms with Crippen LogP contribution in [0.1, 0.15) is 46.0 Å². The van der Waals surface area contributed by atoms with Crippen LogP contribution in [0.2, 0.25) is 0 Å². The van der Waals surface area contributed by atoms with Crippen molar-refractivity contribution in [3.8, 4) is 0 Å². The smallest absolute Gasteiger partial charge is 0.238 e. The highest BCUT2D eigenvalue weighted by molar-refractivity contribution is 5.80. The molecule has 1 saturated carbocycles. The second kappa shape index (κ2) is 6.24. The molecule has 1 N–H and O–H groups in total. The third-order valence-electron chi connectivity index (χ3n) is 3.72. The highest BCUT2D eigenvalue weighted by atomic mass is 16.2. The average Bonchev–Trinajstić information content (AvgIpc) is 2.28. The van der Waals surface area contributed by atoms with Gasteiger partial charge in [0.15, 0.2) is 0 Å². The van der Waals surface area contributed by atoms with Crippen molar-refractivity contribution in [2.24, 2.45) is 5.92 Å². The van der Waals surface area contributed by atoms with Gasteiger partial charge < -0.3 is 10.2 Å². The Hall–Kier alpha value is -0.570. The zero-order chi connectivity index (χ0) is 12.1. The Labute approximate surface area is 99.6 Å². The fourth-order valence-corrected chi connectivity index (χ4v) is 2.55. The van der Waals surface area contributed by atoms with Crippen molar-refractivity contribution >= 4 is 5.91 Å². The zero-order valence-corrected chi connectivity index (χ0v) is 11.1. The van der Waals surface area contributed by atoms with Crippen molar-refractivity contribution in [1.82, 2.24) is 10.2 Å². The van der Waals surface area contributed by atoms with Crippen LogP contribution in [-0.2, 0) is 4.79 Å². The Morgan fingerprint density at radius 1 is 1.31 bits per heavy atom. The second-order valence-electron chi connectivity index (χ2n) is 5.25. The number of nitrogens with one attached hydrogen (secondary N) is 1. The van der Waals surface area contributed by atoms with Crippen LogP contribution in [0.5, 0.6) is 0 Å². The van der Waals surface area contributed by atoms with E-state index in [1.54, 1.807) is 4.90 Å². The highest BCUT2D eigenvalue weighted by Gasteiger charge is 2.23. The monoisotopic (exact) mass is 226 g/mol. The molecule has 3 heteroatoms. The molecule has 0 aliphatic heterocycles. The number of rotatable bonds is 4. The summed E-state index contributed by atoms with van der Waals surface area (Å²) in [6.45, 7) is 4.24. The molecule has 1 atom stereocenters. The summed E-state index contributed by atoms with van der Waals surface area (Å²) < 4.78 is 0. The van der Waals surface area contributed by atoms with E-state index in [0.29, 0.717) is 6.04 Å². The molecule has 0 spiro atoms. The number of carbonyl (C=O) groups is 1. The van der Waals surface area contributed by atoms with Crippen molar-refractivity contribution in [1.29, 1.82) is 0 Å². The van der Waals surface area contributed by atoms with Crippen molar-refractivity contribution in [3.63, 3.8) is 0 Å². The van der Waals surface area contributed by atoms with Crippen molar-refractivity contribution in [3.05, 3.63) is 0 Å². The summed E-state index contributed by atoms with van der Waals surface area (Å²) in [5.74, 6) is 1.09. The van der Waals surface area contributed by atoms with Crippen molar-refractivity contribution < 1.29 is 4.79 Å². The molecule has 94 valence electrons. The first-order valence-electron chi connectivity index (χ1n) is 6.51. The molecular weight excluding hydrogens is 200 g/mol. The topological polar surface area (TPSA) is 32.3 Å². The van der Waals surface area contributed by atoms with E-state index in [1.807, 2.05) is 21.0 Å². The number of hydrogen-bond donors (Lipinski definition) is 1. The Morgan fingerprint density at radius 3 is 2.31 bits per heavy atom. The van der Waals surface area contributed by atoms with Crippen molar-refractivity contribution in [2.45, 2.75) is 58.0 Å². The van der Waals surface area contributed by atoms with Gasteiger partial charge >= 0.3 is 0 Å². The summed E-state index contributed by atoms with van der Waals surface area (Å²) in [5.41, 5.74) is 0. The van der Waals surface area contributed by atoms with E-state index in [9.17, 15) is 4.79 Å². The van der Waals surface area contributed by atoms with Gasteiger partial charge in [0.2, 0.25) is 5.91 Å². The molecule has 0 aromatic rings. The van der Waals surface area contributed by atoms with E-state index < -0.39 is 0 Å². The van der Waals surface area contributed by atoms with Gasteiger partial charge in [0, 0.05) is 20.1 Å². The number of likely N-dealkylation sites (N-methyl/N-ethyl adjacent to an activating group) is 1. The molecule has 0 aromatic carbocycles. The molecule has 1 aliphatic rings. The first kappa shape index (κ1) is 13.5. The lowest BCUT2D eigenvalue weighted by molar-refractivity contribution is -0.130. The Morgan fingerprint density at radius 2 is 1.88 bits per heavy atom. The molecule has 16 heavy (non-hydrogen) atoms. The minimum absolute atomic E-state index is 0.0434. The number of carbonyl (C=O) groups excluding carboxylic acids is 1. The quantitative estimate of drug-likeness (QED) is 0.795. The summed E-state index contributed by atoms with van der Waals surface area (Å²) >= 11 is 0. The Balaban J connectivity index is 2.30. The zero-order valence-electron chi connectivity index (χ0n) is 11.1. The van der Waals surface area contributed by atoms with Gasteiger partial charge in [-0.15, -0.1) is 0 Å². The van der Waals surface area contributed by atoms with Crippen LogP contribution in [0.25, 0.3) is 0 Å². The summed E-state index contributed by atoms with van der Waals surface area (Å²) in [6.07, 6.45) is 6.39. The van der Waals surface area contributed by atoms with E-state index in [1.165, 1.54) is 32.1 Å². The van der Waals surface area contributed by atoms with Gasteiger partial charge in [-0.2, -0.15) is 0 Å². The molecule has 0 radical (unpaired) electrons. The predicted octanol–water partition coefficient (Wildman–Crippen LogP) is 2.02. The van der Waals surface area contributed by atoms with Crippen LogP contribution in [-0.4, -0.2) is 37.0 Å². The van der Waals surface area contributed by atoms with Crippen LogP contribution in [0.4, 0.5) is 0 Å². The van der Waals surface area contributed by atoms with Gasteiger partial charge in [-0.1, -0.05) is 13.3 Å². The van der Waals surface area contributed by atoms with Gasteiger partial charge in [0.1, 0.15) is 0 Å². The molecule has 1 fully saturated rings. The lowest BCUT2D eigenvalue weighted by Crippen LogP contribution is -2.47. The van der Waals surface area contributed by atoms with Crippen LogP contribution in [0, 0.1) is 5.92 Å². The maximum absolute atomic E-state index is 11.7. The molecule has 1 aliphatic carbocycles. The van der Waals surface area contributed by atoms with E-state index in [4.69, 9.17) is 0 Å². The first-order chi connectivity index (χ1) is 7.54. The number of nitrogens with zero attached hydrogens (tertiary/aromatic N) is 1. The first-order valence-corrected chi connectivity index (χ1v) is 6.51. The van der Waals surface area contributed by atoms with Gasteiger partial charge in [-0.3, -0.25) is 4.79 Å². The molecular formula is C13H26N2O. The third-order valence-corrected chi connectivity index (χ3v) is 3.72. The largest absolute Gasteiger partial charge is 0.347 e. The van der Waals surface area contributed by atoms with Crippen molar-refractivity contribution in [2.75, 3.05) is 14.1 Å². The molecule has 3 nitrogen and oxygen atoms in total. The van der Waals surface area contributed by atoms with Crippen LogP contribution < -0.4 is 5.32 Å². The van der Waals surface area contributed by atoms with Crippen LogP contribution >= 0.6 is 0 Å². The minimum Gasteiger partial charge on any atom is -0.347 e. The maximum atomic E-state index is 11.7. The molecule has 1 amide bonds. The summed E-state index contributed by atoms with van der Waals surface area (Å²) in [4.78, 5) is 13.4. The fourth-order valence-electron chi connectivity index (χ4n) is 2.55. The Bertz CT molecular complexity index is 220. The summed E-state index contributed by atoms with van der Waals surface area (Å²) in [5, 5.41) is 3.45. The van der Waals surface area contributed by atoms with Gasteiger partial charge in [-0.25, -0.2) is 0 Å². The normalized spacial score (nSPS) is 27.5. The molecule has 0 heterocycles.